The molecule has 4 aromatic rings. The van der Waals surface area contributed by atoms with E-state index in [1.807, 2.05) is 71.2 Å². The molecule has 0 unspecified atom stereocenters. The zero-order chi connectivity index (χ0) is 26.0. The van der Waals surface area contributed by atoms with Gasteiger partial charge < -0.3 is 0 Å². The van der Waals surface area contributed by atoms with E-state index in [0.717, 1.165) is 36.1 Å². The van der Waals surface area contributed by atoms with Gasteiger partial charge >= 0.3 is 11.9 Å². The molecule has 8 nitrogen and oxygen atoms in total. The molecule has 0 saturated heterocycles. The molecule has 0 saturated carbocycles. The Morgan fingerprint density at radius 1 is 0.538 bits per heavy atom. The summed E-state index contributed by atoms with van der Waals surface area (Å²) in [7, 11) is 7.87. The largest absolute Gasteiger partial charge is 0.421 e. The smallest absolute Gasteiger partial charge is 0.233 e. The molecule has 0 amide bonds. The molecule has 0 fully saturated rings. The van der Waals surface area contributed by atoms with Crippen LogP contribution in [0.2, 0.25) is 0 Å². The molecule has 2 aromatic carbocycles. The Balaban J connectivity index is 0.00000267. The van der Waals surface area contributed by atoms with Crippen molar-refractivity contribution < 1.29 is 9.13 Å². The highest BCUT2D eigenvalue weighted by Crippen LogP contribution is 2.19. The van der Waals surface area contributed by atoms with Gasteiger partial charge in [-0.15, -0.1) is 0 Å². The Morgan fingerprint density at radius 3 is 1.23 bits per heavy atom. The topological polar surface area (TPSA) is 67.1 Å². The van der Waals surface area contributed by atoms with Gasteiger partial charge in [-0.1, -0.05) is 68.6 Å². The lowest BCUT2D eigenvalue weighted by atomic mass is 10.0. The van der Waals surface area contributed by atoms with Crippen LogP contribution in [0.15, 0.2) is 93.8 Å². The van der Waals surface area contributed by atoms with E-state index < -0.39 is 0 Å². The van der Waals surface area contributed by atoms with Crippen LogP contribution in [0, 0.1) is 0 Å². The number of nitrogens with zero attached hydrogens (tertiary/aromatic N) is 8. The molecule has 0 atom stereocenters. The maximum Gasteiger partial charge on any atom is 0.421 e. The van der Waals surface area contributed by atoms with E-state index >= 15 is 0 Å². The average Bonchev–Trinajstić information content (AvgIpc) is 3.41. The Labute approximate surface area is 234 Å². The molecular formula is C31H46N8+2. The van der Waals surface area contributed by atoms with E-state index in [9.17, 15) is 0 Å². The molecule has 0 aliphatic carbocycles. The molecular weight excluding hydrogens is 484 g/mol. The van der Waals surface area contributed by atoms with Crippen LogP contribution in [-0.4, -0.2) is 9.13 Å². The maximum atomic E-state index is 4.37. The zero-order valence-corrected chi connectivity index (χ0v) is 22.5. The standard InChI is InChI=1S/C29H38N8.2CH4/c1-34-20-21-35(2)28(34)32-30-26-16-12-24(13-17-26)10-8-6-5-7-9-11-25-14-18-27(19-15-25)31-33-29-36(3)22-23-37(29)4;;/h12-23H,5-11H2,1-4H3;2*1H4/q+2;;. The Kier molecular flexibility index (Phi) is 12.4. The second-order valence-electron chi connectivity index (χ2n) is 9.64. The third kappa shape index (κ3) is 9.09. The predicted molar refractivity (Wildman–Crippen MR) is 158 cm³/mol. The number of rotatable bonds is 12. The van der Waals surface area contributed by atoms with E-state index in [1.165, 1.54) is 43.2 Å². The molecule has 0 bridgehead atoms. The molecule has 0 aliphatic rings. The molecule has 2 aromatic heterocycles. The van der Waals surface area contributed by atoms with Gasteiger partial charge in [-0.2, -0.15) is 0 Å². The second kappa shape index (κ2) is 15.5. The third-order valence-corrected chi connectivity index (χ3v) is 6.60. The Morgan fingerprint density at radius 2 is 0.897 bits per heavy atom. The van der Waals surface area contributed by atoms with Crippen molar-refractivity contribution in [3.63, 3.8) is 0 Å². The van der Waals surface area contributed by atoms with E-state index in [4.69, 9.17) is 0 Å². The van der Waals surface area contributed by atoms with Gasteiger partial charge in [-0.05, 0) is 61.1 Å². The van der Waals surface area contributed by atoms with Crippen molar-refractivity contribution in [2.45, 2.75) is 59.8 Å². The van der Waals surface area contributed by atoms with Crippen molar-refractivity contribution in [2.24, 2.45) is 48.6 Å². The summed E-state index contributed by atoms with van der Waals surface area (Å²) in [5, 5.41) is 17.5. The van der Waals surface area contributed by atoms with Crippen molar-refractivity contribution in [3.05, 3.63) is 84.4 Å². The number of aryl methyl sites for hydroxylation is 6. The summed E-state index contributed by atoms with van der Waals surface area (Å²) in [6, 6.07) is 16.9. The SMILES string of the molecule is C.C.Cn1cc[n+](C)c1N=Nc1ccc(CCCCCCCc2ccc(N=Nc3n(C)cc[n+]3C)cc2)cc1. The van der Waals surface area contributed by atoms with Crippen LogP contribution >= 0.6 is 0 Å². The van der Waals surface area contributed by atoms with Crippen LogP contribution in [0.1, 0.15) is 58.1 Å². The summed E-state index contributed by atoms with van der Waals surface area (Å²) in [4.78, 5) is 0. The van der Waals surface area contributed by atoms with Crippen LogP contribution in [0.5, 0.6) is 0 Å². The molecule has 39 heavy (non-hydrogen) atoms. The summed E-state index contributed by atoms with van der Waals surface area (Å²) >= 11 is 0. The minimum atomic E-state index is 0. The highest BCUT2D eigenvalue weighted by molar-refractivity contribution is 5.39. The number of aromatic nitrogens is 4. The lowest BCUT2D eigenvalue weighted by Crippen LogP contribution is -2.25. The Hall–Kier alpha value is -3.94. The van der Waals surface area contributed by atoms with Gasteiger partial charge in [-0.3, -0.25) is 0 Å². The summed E-state index contributed by atoms with van der Waals surface area (Å²) in [6.45, 7) is 0. The quantitative estimate of drug-likeness (QED) is 0.102. The van der Waals surface area contributed by atoms with Crippen LogP contribution in [0.25, 0.3) is 0 Å². The zero-order valence-electron chi connectivity index (χ0n) is 22.5. The van der Waals surface area contributed by atoms with E-state index in [0.29, 0.717) is 0 Å². The van der Waals surface area contributed by atoms with Crippen LogP contribution in [0.4, 0.5) is 23.3 Å². The number of azo groups is 2. The molecule has 4 rings (SSSR count). The van der Waals surface area contributed by atoms with E-state index in [2.05, 4.69) is 69.0 Å². The van der Waals surface area contributed by atoms with Gasteiger partial charge in [0.1, 0.15) is 11.4 Å². The van der Waals surface area contributed by atoms with Gasteiger partial charge in [0, 0.05) is 10.2 Å². The van der Waals surface area contributed by atoms with Gasteiger partial charge in [0.15, 0.2) is 0 Å². The average molecular weight is 531 g/mol. The number of hydrogen-bond acceptors (Lipinski definition) is 4. The van der Waals surface area contributed by atoms with Crippen molar-refractivity contribution >= 4 is 23.3 Å². The fourth-order valence-corrected chi connectivity index (χ4v) is 4.30. The number of benzene rings is 2. The highest BCUT2D eigenvalue weighted by Gasteiger charge is 2.11. The molecule has 8 heteroatoms. The van der Waals surface area contributed by atoms with Crippen molar-refractivity contribution in [1.29, 1.82) is 0 Å². The van der Waals surface area contributed by atoms with Crippen molar-refractivity contribution in [2.75, 3.05) is 0 Å². The monoisotopic (exact) mass is 530 g/mol. The minimum absolute atomic E-state index is 0. The second-order valence-corrected chi connectivity index (χ2v) is 9.64. The van der Waals surface area contributed by atoms with Gasteiger partial charge in [0.2, 0.25) is 0 Å². The Bertz CT molecular complexity index is 1190. The third-order valence-electron chi connectivity index (χ3n) is 6.60. The number of hydrogen-bond donors (Lipinski definition) is 0. The first-order valence-corrected chi connectivity index (χ1v) is 13.0. The van der Waals surface area contributed by atoms with Gasteiger partial charge in [-0.25, -0.2) is 18.3 Å². The molecule has 0 radical (unpaired) electrons. The van der Waals surface area contributed by atoms with Gasteiger partial charge in [0.25, 0.3) is 0 Å². The van der Waals surface area contributed by atoms with E-state index in [-0.39, 0.29) is 14.9 Å². The molecule has 2 heterocycles. The molecule has 0 N–H and O–H groups in total. The predicted octanol–water partition coefficient (Wildman–Crippen LogP) is 7.85. The summed E-state index contributed by atoms with van der Waals surface area (Å²) < 4.78 is 7.81. The van der Waals surface area contributed by atoms with Crippen LogP contribution < -0.4 is 9.13 Å². The van der Waals surface area contributed by atoms with Crippen molar-refractivity contribution in [3.8, 4) is 0 Å². The fourth-order valence-electron chi connectivity index (χ4n) is 4.30. The number of imidazole rings is 2. The molecule has 0 aliphatic heterocycles. The first-order valence-electron chi connectivity index (χ1n) is 13.0. The van der Waals surface area contributed by atoms with Crippen LogP contribution in [-0.2, 0) is 41.0 Å². The number of unbranched alkanes of at least 4 members (excludes halogenated alkanes) is 4. The molecule has 208 valence electrons. The lowest BCUT2D eigenvalue weighted by Gasteiger charge is -2.04. The minimum Gasteiger partial charge on any atom is -0.233 e. The first kappa shape index (κ1) is 31.3. The summed E-state index contributed by atoms with van der Waals surface area (Å²) in [5.74, 6) is 1.64. The van der Waals surface area contributed by atoms with Crippen molar-refractivity contribution in [1.82, 2.24) is 9.13 Å². The first-order chi connectivity index (χ1) is 18.0. The summed E-state index contributed by atoms with van der Waals surface area (Å²) in [5.41, 5.74) is 4.49. The highest BCUT2D eigenvalue weighted by atomic mass is 15.3. The van der Waals surface area contributed by atoms with Crippen LogP contribution in [0.3, 0.4) is 0 Å². The normalized spacial score (nSPS) is 11.2. The fraction of sp³-hybridized carbons (Fsp3) is 0.419. The summed E-state index contributed by atoms with van der Waals surface area (Å²) in [6.07, 6.45) is 16.3. The lowest BCUT2D eigenvalue weighted by molar-refractivity contribution is -0.657. The molecule has 0 spiro atoms. The van der Waals surface area contributed by atoms with E-state index in [1.54, 1.807) is 0 Å². The maximum absolute atomic E-state index is 4.37. The van der Waals surface area contributed by atoms with Gasteiger partial charge in [0.05, 0.1) is 53.0 Å².